The minimum atomic E-state index is -0.305. The third-order valence-corrected chi connectivity index (χ3v) is 5.90. The van der Waals surface area contributed by atoms with Crippen molar-refractivity contribution in [3.63, 3.8) is 0 Å². The van der Waals surface area contributed by atoms with E-state index in [4.69, 9.17) is 0 Å². The number of amides is 2. The number of carbonyl (C=O) groups is 2. The lowest BCUT2D eigenvalue weighted by atomic mass is 9.99. The van der Waals surface area contributed by atoms with Gasteiger partial charge in [-0.15, -0.1) is 0 Å². The van der Waals surface area contributed by atoms with Gasteiger partial charge in [-0.2, -0.15) is 0 Å². The molecule has 5 atom stereocenters. The van der Waals surface area contributed by atoms with E-state index in [2.05, 4.69) is 5.32 Å². The van der Waals surface area contributed by atoms with Gasteiger partial charge in [0, 0.05) is 6.04 Å². The molecule has 19 heavy (non-hydrogen) atoms. The van der Waals surface area contributed by atoms with Crippen LogP contribution < -0.4 is 5.32 Å². The molecule has 1 saturated heterocycles. The van der Waals surface area contributed by atoms with E-state index in [0.29, 0.717) is 12.6 Å². The Balaban J connectivity index is 1.55. The van der Waals surface area contributed by atoms with Gasteiger partial charge < -0.3 is 10.2 Å². The van der Waals surface area contributed by atoms with Gasteiger partial charge in [-0.25, -0.2) is 0 Å². The minimum Gasteiger partial charge on any atom is -0.343 e. The van der Waals surface area contributed by atoms with Crippen LogP contribution in [0.1, 0.15) is 33.1 Å². The second kappa shape index (κ2) is 3.74. The first-order valence-electron chi connectivity index (χ1n) is 7.67. The average molecular weight is 262 g/mol. The van der Waals surface area contributed by atoms with Crippen molar-refractivity contribution in [3.8, 4) is 0 Å². The molecule has 1 aliphatic heterocycles. The van der Waals surface area contributed by atoms with Crippen molar-refractivity contribution in [3.05, 3.63) is 0 Å². The van der Waals surface area contributed by atoms with Gasteiger partial charge in [-0.1, -0.05) is 13.8 Å². The molecule has 2 bridgehead atoms. The van der Waals surface area contributed by atoms with Crippen LogP contribution in [0.3, 0.4) is 0 Å². The van der Waals surface area contributed by atoms with Crippen LogP contribution in [0.25, 0.3) is 0 Å². The highest BCUT2D eigenvalue weighted by molar-refractivity contribution is 5.95. The van der Waals surface area contributed by atoms with Crippen molar-refractivity contribution in [2.24, 2.45) is 29.6 Å². The van der Waals surface area contributed by atoms with E-state index in [0.717, 1.165) is 23.7 Å². The smallest absolute Gasteiger partial charge is 0.246 e. The molecule has 4 fully saturated rings. The number of nitrogens with zero attached hydrogens (tertiary/aromatic N) is 1. The Kier molecular flexibility index (Phi) is 2.31. The summed E-state index contributed by atoms with van der Waals surface area (Å²) in [6.45, 7) is 4.30. The van der Waals surface area contributed by atoms with E-state index >= 15 is 0 Å². The van der Waals surface area contributed by atoms with Crippen molar-refractivity contribution >= 4 is 11.8 Å². The van der Waals surface area contributed by atoms with Gasteiger partial charge in [0.1, 0.15) is 6.04 Å². The number of hydrogen-bond donors (Lipinski definition) is 1. The zero-order valence-electron chi connectivity index (χ0n) is 11.6. The number of piperazine rings is 1. The Morgan fingerprint density at radius 2 is 1.79 bits per heavy atom. The highest BCUT2D eigenvalue weighted by Gasteiger charge is 2.68. The maximum absolute atomic E-state index is 12.6. The molecule has 0 aromatic carbocycles. The molecular weight excluding hydrogens is 240 g/mol. The first-order valence-corrected chi connectivity index (χ1v) is 7.67. The van der Waals surface area contributed by atoms with Gasteiger partial charge in [0.2, 0.25) is 11.8 Å². The van der Waals surface area contributed by atoms with E-state index in [1.54, 1.807) is 0 Å². The summed E-state index contributed by atoms with van der Waals surface area (Å²) < 4.78 is 0. The van der Waals surface area contributed by atoms with Gasteiger partial charge in [-0.05, 0) is 48.9 Å². The quantitative estimate of drug-likeness (QED) is 0.807. The molecule has 1 N–H and O–H groups in total. The second-order valence-electron chi connectivity index (χ2n) is 7.23. The molecule has 4 rings (SSSR count). The van der Waals surface area contributed by atoms with Crippen LogP contribution in [0.2, 0.25) is 0 Å². The summed E-state index contributed by atoms with van der Waals surface area (Å²) >= 11 is 0. The fraction of sp³-hybridized carbons (Fsp3) is 0.867. The number of hydrogen-bond acceptors (Lipinski definition) is 2. The van der Waals surface area contributed by atoms with Crippen LogP contribution in [0.4, 0.5) is 0 Å². The second-order valence-corrected chi connectivity index (χ2v) is 7.23. The van der Waals surface area contributed by atoms with Crippen LogP contribution in [0.15, 0.2) is 0 Å². The lowest BCUT2D eigenvalue weighted by Gasteiger charge is -2.36. The van der Waals surface area contributed by atoms with Gasteiger partial charge in [0.15, 0.2) is 0 Å². The number of nitrogens with one attached hydrogen (secondary N) is 1. The first kappa shape index (κ1) is 11.7. The lowest BCUT2D eigenvalue weighted by molar-refractivity contribution is -0.146. The molecule has 0 aromatic rings. The van der Waals surface area contributed by atoms with Crippen molar-refractivity contribution in [1.82, 2.24) is 10.2 Å². The topological polar surface area (TPSA) is 49.4 Å². The number of fused-ring (bicyclic) bond motifs is 5. The molecule has 4 aliphatic rings. The van der Waals surface area contributed by atoms with E-state index in [1.165, 1.54) is 19.3 Å². The van der Waals surface area contributed by atoms with E-state index in [1.807, 2.05) is 18.7 Å². The fourth-order valence-corrected chi connectivity index (χ4v) is 5.09. The summed E-state index contributed by atoms with van der Waals surface area (Å²) in [6, 6.07) is 0.0891. The molecule has 0 radical (unpaired) electrons. The highest BCUT2D eigenvalue weighted by atomic mass is 16.2. The van der Waals surface area contributed by atoms with E-state index < -0.39 is 0 Å². The molecular formula is C15H22N2O2. The molecule has 3 aliphatic carbocycles. The van der Waals surface area contributed by atoms with Crippen LogP contribution in [0, 0.1) is 29.6 Å². The SMILES string of the molecule is CC(C)C1NC(=O)CN(C2C3C4CCC(C4)C32)C1=O. The van der Waals surface area contributed by atoms with Gasteiger partial charge in [0.05, 0.1) is 6.54 Å². The molecule has 3 saturated carbocycles. The Morgan fingerprint density at radius 3 is 2.37 bits per heavy atom. The Hall–Kier alpha value is -1.06. The lowest BCUT2D eigenvalue weighted by Crippen LogP contribution is -2.61. The minimum absolute atomic E-state index is 0.0237. The molecule has 4 heteroatoms. The Bertz CT molecular complexity index is 431. The van der Waals surface area contributed by atoms with Crippen molar-refractivity contribution < 1.29 is 9.59 Å². The van der Waals surface area contributed by atoms with Crippen LogP contribution >= 0.6 is 0 Å². The van der Waals surface area contributed by atoms with Crippen LogP contribution in [-0.4, -0.2) is 35.3 Å². The predicted molar refractivity (Wildman–Crippen MR) is 70.1 cm³/mol. The third kappa shape index (κ3) is 1.52. The summed E-state index contributed by atoms with van der Waals surface area (Å²) in [5.74, 6) is 3.49. The van der Waals surface area contributed by atoms with Crippen molar-refractivity contribution in [2.45, 2.75) is 45.2 Å². The standard InChI is InChI=1S/C15H22N2O2/c1-7(2)13-15(19)17(6-10(18)16-13)14-11-8-3-4-9(5-8)12(11)14/h7-9,11-14H,3-6H2,1-2H3,(H,16,18). The van der Waals surface area contributed by atoms with Crippen molar-refractivity contribution in [1.29, 1.82) is 0 Å². The van der Waals surface area contributed by atoms with Gasteiger partial charge in [-0.3, -0.25) is 9.59 Å². The summed E-state index contributed by atoms with van der Waals surface area (Å²) in [4.78, 5) is 26.3. The van der Waals surface area contributed by atoms with Gasteiger partial charge >= 0.3 is 0 Å². The normalized spacial score (nSPS) is 47.6. The summed E-state index contributed by atoms with van der Waals surface area (Å²) in [5.41, 5.74) is 0. The third-order valence-electron chi connectivity index (χ3n) is 5.90. The molecule has 104 valence electrons. The Labute approximate surface area is 113 Å². The number of rotatable bonds is 2. The molecule has 4 nitrogen and oxygen atoms in total. The van der Waals surface area contributed by atoms with Crippen molar-refractivity contribution in [2.75, 3.05) is 6.54 Å². The van der Waals surface area contributed by atoms with E-state index in [9.17, 15) is 9.59 Å². The maximum atomic E-state index is 12.6. The molecule has 5 unspecified atom stereocenters. The monoisotopic (exact) mass is 262 g/mol. The van der Waals surface area contributed by atoms with Crippen LogP contribution in [0.5, 0.6) is 0 Å². The predicted octanol–water partition coefficient (Wildman–Crippen LogP) is 1.01. The maximum Gasteiger partial charge on any atom is 0.246 e. The van der Waals surface area contributed by atoms with Crippen LogP contribution in [-0.2, 0) is 9.59 Å². The fourth-order valence-electron chi connectivity index (χ4n) is 5.09. The molecule has 0 spiro atoms. The van der Waals surface area contributed by atoms with E-state index in [-0.39, 0.29) is 23.8 Å². The highest BCUT2D eigenvalue weighted by Crippen LogP contribution is 2.67. The first-order chi connectivity index (χ1) is 9.08. The zero-order chi connectivity index (χ0) is 13.3. The summed E-state index contributed by atoms with van der Waals surface area (Å²) in [5, 5.41) is 2.85. The van der Waals surface area contributed by atoms with Gasteiger partial charge in [0.25, 0.3) is 0 Å². The number of carbonyl (C=O) groups excluding carboxylic acids is 2. The Morgan fingerprint density at radius 1 is 1.16 bits per heavy atom. The summed E-state index contributed by atoms with van der Waals surface area (Å²) in [7, 11) is 0. The zero-order valence-corrected chi connectivity index (χ0v) is 11.6. The molecule has 1 heterocycles. The summed E-state index contributed by atoms with van der Waals surface area (Å²) in [6.07, 6.45) is 4.09. The molecule has 2 amide bonds. The molecule has 0 aromatic heterocycles. The average Bonchev–Trinajstić information content (AvgIpc) is 2.78. The largest absolute Gasteiger partial charge is 0.343 e.